The van der Waals surface area contributed by atoms with E-state index >= 15 is 0 Å². The SMILES string of the molecule is CCCNC(c1ccoc1)C1C2CCCCC21. The minimum atomic E-state index is 0.543. The molecule has 3 rings (SSSR count). The molecule has 2 saturated carbocycles. The van der Waals surface area contributed by atoms with Crippen LogP contribution in [0.2, 0.25) is 0 Å². The van der Waals surface area contributed by atoms with Crippen LogP contribution >= 0.6 is 0 Å². The third-order valence-corrected chi connectivity index (χ3v) is 4.62. The number of nitrogens with one attached hydrogen (secondary N) is 1. The molecule has 3 atom stereocenters. The summed E-state index contributed by atoms with van der Waals surface area (Å²) in [5.74, 6) is 2.86. The van der Waals surface area contributed by atoms with E-state index in [1.54, 1.807) is 0 Å². The third-order valence-electron chi connectivity index (χ3n) is 4.62. The van der Waals surface area contributed by atoms with Gasteiger partial charge in [0.15, 0.2) is 0 Å². The predicted molar refractivity (Wildman–Crippen MR) is 68.7 cm³/mol. The quantitative estimate of drug-likeness (QED) is 0.837. The molecule has 0 bridgehead atoms. The largest absolute Gasteiger partial charge is 0.472 e. The minimum absolute atomic E-state index is 0.543. The van der Waals surface area contributed by atoms with Crippen LogP contribution in [0.5, 0.6) is 0 Å². The van der Waals surface area contributed by atoms with Gasteiger partial charge in [0, 0.05) is 11.6 Å². The number of rotatable bonds is 5. The van der Waals surface area contributed by atoms with Crippen LogP contribution in [0.25, 0.3) is 0 Å². The van der Waals surface area contributed by atoms with Gasteiger partial charge >= 0.3 is 0 Å². The molecule has 0 aliphatic heterocycles. The lowest BCUT2D eigenvalue weighted by Gasteiger charge is -2.17. The number of fused-ring (bicyclic) bond motifs is 1. The normalized spacial score (nSPS) is 33.1. The van der Waals surface area contributed by atoms with Crippen molar-refractivity contribution in [2.24, 2.45) is 17.8 Å². The van der Waals surface area contributed by atoms with Gasteiger partial charge in [-0.05, 0) is 49.6 Å². The molecule has 2 aliphatic rings. The molecule has 2 heteroatoms. The topological polar surface area (TPSA) is 25.2 Å². The van der Waals surface area contributed by atoms with Crippen molar-refractivity contribution in [3.63, 3.8) is 0 Å². The molecule has 0 saturated heterocycles. The molecule has 0 spiro atoms. The average Bonchev–Trinajstić information content (AvgIpc) is 2.83. The molecular weight excluding hydrogens is 210 g/mol. The summed E-state index contributed by atoms with van der Waals surface area (Å²) in [4.78, 5) is 0. The van der Waals surface area contributed by atoms with Crippen LogP contribution < -0.4 is 5.32 Å². The molecule has 0 radical (unpaired) electrons. The number of furan rings is 1. The van der Waals surface area contributed by atoms with Crippen LogP contribution in [0, 0.1) is 17.8 Å². The van der Waals surface area contributed by atoms with E-state index in [2.05, 4.69) is 18.3 Å². The zero-order valence-electron chi connectivity index (χ0n) is 10.7. The molecule has 2 fully saturated rings. The first kappa shape index (κ1) is 11.3. The third kappa shape index (κ3) is 2.15. The van der Waals surface area contributed by atoms with E-state index < -0.39 is 0 Å². The lowest BCUT2D eigenvalue weighted by molar-refractivity contribution is 0.440. The Morgan fingerprint density at radius 3 is 2.71 bits per heavy atom. The fourth-order valence-corrected chi connectivity index (χ4v) is 3.77. The van der Waals surface area contributed by atoms with Gasteiger partial charge in [-0.3, -0.25) is 0 Å². The summed E-state index contributed by atoms with van der Waals surface area (Å²) < 4.78 is 5.27. The highest BCUT2D eigenvalue weighted by Crippen LogP contribution is 2.60. The van der Waals surface area contributed by atoms with Crippen LogP contribution in [0.3, 0.4) is 0 Å². The van der Waals surface area contributed by atoms with E-state index in [0.29, 0.717) is 6.04 Å². The van der Waals surface area contributed by atoms with Crippen molar-refractivity contribution in [1.82, 2.24) is 5.32 Å². The van der Waals surface area contributed by atoms with E-state index in [9.17, 15) is 0 Å². The van der Waals surface area contributed by atoms with E-state index in [0.717, 1.165) is 24.3 Å². The van der Waals surface area contributed by atoms with E-state index in [4.69, 9.17) is 4.42 Å². The summed E-state index contributed by atoms with van der Waals surface area (Å²) in [6.45, 7) is 3.35. The molecule has 1 aromatic heterocycles. The maximum Gasteiger partial charge on any atom is 0.0950 e. The Morgan fingerprint density at radius 1 is 1.35 bits per heavy atom. The summed E-state index contributed by atoms with van der Waals surface area (Å²) in [7, 11) is 0. The molecule has 1 N–H and O–H groups in total. The molecule has 0 aromatic carbocycles. The van der Waals surface area contributed by atoms with Gasteiger partial charge in [0.1, 0.15) is 0 Å². The first-order valence-electron chi connectivity index (χ1n) is 7.17. The zero-order valence-corrected chi connectivity index (χ0v) is 10.7. The fourth-order valence-electron chi connectivity index (χ4n) is 3.77. The maximum absolute atomic E-state index is 5.27. The fraction of sp³-hybridized carbons (Fsp3) is 0.733. The Morgan fingerprint density at radius 2 is 2.12 bits per heavy atom. The smallest absolute Gasteiger partial charge is 0.0950 e. The van der Waals surface area contributed by atoms with Gasteiger partial charge in [0.2, 0.25) is 0 Å². The summed E-state index contributed by atoms with van der Waals surface area (Å²) in [5, 5.41) is 3.73. The second kappa shape index (κ2) is 4.85. The summed E-state index contributed by atoms with van der Waals surface area (Å²) in [6, 6.07) is 2.68. The Kier molecular flexibility index (Phi) is 3.24. The standard InChI is InChI=1S/C15H23NO/c1-2-8-16-15(11-7-9-17-10-11)14-12-5-3-4-6-13(12)14/h7,9-10,12-16H,2-6,8H2,1H3. The highest BCUT2D eigenvalue weighted by atomic mass is 16.3. The second-order valence-corrected chi connectivity index (χ2v) is 5.68. The van der Waals surface area contributed by atoms with Crippen molar-refractivity contribution in [1.29, 1.82) is 0 Å². The van der Waals surface area contributed by atoms with Gasteiger partial charge in [0.25, 0.3) is 0 Å². The van der Waals surface area contributed by atoms with Crippen molar-refractivity contribution >= 4 is 0 Å². The van der Waals surface area contributed by atoms with Gasteiger partial charge in [-0.15, -0.1) is 0 Å². The molecule has 17 heavy (non-hydrogen) atoms. The molecule has 3 unspecified atom stereocenters. The highest BCUT2D eigenvalue weighted by Gasteiger charge is 2.54. The van der Waals surface area contributed by atoms with E-state index in [1.165, 1.54) is 37.7 Å². The Balaban J connectivity index is 1.71. The van der Waals surface area contributed by atoms with Crippen LogP contribution in [0.4, 0.5) is 0 Å². The predicted octanol–water partition coefficient (Wildman–Crippen LogP) is 3.76. The van der Waals surface area contributed by atoms with E-state index in [1.807, 2.05) is 12.5 Å². The minimum Gasteiger partial charge on any atom is -0.472 e. The van der Waals surface area contributed by atoms with Crippen molar-refractivity contribution in [2.75, 3.05) is 6.54 Å². The van der Waals surface area contributed by atoms with Gasteiger partial charge in [-0.2, -0.15) is 0 Å². The summed E-state index contributed by atoms with van der Waals surface area (Å²) in [6.07, 6.45) is 10.7. The van der Waals surface area contributed by atoms with Crippen molar-refractivity contribution < 1.29 is 4.42 Å². The van der Waals surface area contributed by atoms with Gasteiger partial charge in [-0.1, -0.05) is 19.8 Å². The van der Waals surface area contributed by atoms with Crippen molar-refractivity contribution in [3.05, 3.63) is 24.2 Å². The van der Waals surface area contributed by atoms with Crippen molar-refractivity contribution in [2.45, 2.75) is 45.1 Å². The zero-order chi connectivity index (χ0) is 11.7. The monoisotopic (exact) mass is 233 g/mol. The average molecular weight is 233 g/mol. The Bertz CT molecular complexity index is 334. The molecule has 2 nitrogen and oxygen atoms in total. The van der Waals surface area contributed by atoms with Gasteiger partial charge < -0.3 is 9.73 Å². The summed E-state index contributed by atoms with van der Waals surface area (Å²) in [5.41, 5.74) is 1.36. The molecule has 1 heterocycles. The highest BCUT2D eigenvalue weighted by molar-refractivity contribution is 5.19. The molecule has 2 aliphatic carbocycles. The molecular formula is C15H23NO. The number of hydrogen-bond acceptors (Lipinski definition) is 2. The van der Waals surface area contributed by atoms with Crippen LogP contribution in [-0.2, 0) is 0 Å². The van der Waals surface area contributed by atoms with Crippen LogP contribution in [0.15, 0.2) is 23.0 Å². The first-order valence-corrected chi connectivity index (χ1v) is 7.17. The van der Waals surface area contributed by atoms with Crippen molar-refractivity contribution in [3.8, 4) is 0 Å². The van der Waals surface area contributed by atoms with Gasteiger partial charge in [-0.25, -0.2) is 0 Å². The Hall–Kier alpha value is -0.760. The number of hydrogen-bond donors (Lipinski definition) is 1. The lowest BCUT2D eigenvalue weighted by atomic mass is 10.0. The molecule has 1 aromatic rings. The first-order chi connectivity index (χ1) is 8.42. The second-order valence-electron chi connectivity index (χ2n) is 5.68. The van der Waals surface area contributed by atoms with Crippen LogP contribution in [-0.4, -0.2) is 6.54 Å². The van der Waals surface area contributed by atoms with E-state index in [-0.39, 0.29) is 0 Å². The lowest BCUT2D eigenvalue weighted by Crippen LogP contribution is -2.24. The van der Waals surface area contributed by atoms with Gasteiger partial charge in [0.05, 0.1) is 12.5 Å². The van der Waals surface area contributed by atoms with Crippen LogP contribution in [0.1, 0.15) is 50.6 Å². The maximum atomic E-state index is 5.27. The molecule has 0 amide bonds. The summed E-state index contributed by atoms with van der Waals surface area (Å²) >= 11 is 0. The Labute approximate surface area is 104 Å². The molecule has 94 valence electrons.